The lowest BCUT2D eigenvalue weighted by Gasteiger charge is -2.10. The Bertz CT molecular complexity index is 942. The Hall–Kier alpha value is -2.27. The lowest BCUT2D eigenvalue weighted by Crippen LogP contribution is -2.00. The first-order valence-corrected chi connectivity index (χ1v) is 9.90. The second kappa shape index (κ2) is 6.13. The number of hydrogen-bond acceptors (Lipinski definition) is 5. The number of benzene rings is 1. The molecule has 0 spiro atoms. The van der Waals surface area contributed by atoms with Crippen LogP contribution in [0, 0.1) is 18.3 Å². The minimum absolute atomic E-state index is 0.103. The largest absolute Gasteiger partial charge is 0.502 e. The molecule has 2 aliphatic rings. The molecule has 1 heterocycles. The molecule has 1 aromatic heterocycles. The Morgan fingerprint density at radius 1 is 1.26 bits per heavy atom. The number of carbonyl (C=O) groups excluding carboxylic acids is 1. The Labute approximate surface area is 163 Å². The predicted octanol–water partition coefficient (Wildman–Crippen LogP) is 4.97. The van der Waals surface area contributed by atoms with Crippen molar-refractivity contribution in [3.63, 3.8) is 0 Å². The maximum atomic E-state index is 12.7. The third-order valence-electron chi connectivity index (χ3n) is 6.20. The van der Waals surface area contributed by atoms with Crippen LogP contribution in [-0.4, -0.2) is 25.1 Å². The van der Waals surface area contributed by atoms with Gasteiger partial charge in [-0.2, -0.15) is 0 Å². The van der Waals surface area contributed by atoms with Gasteiger partial charge in [-0.3, -0.25) is 4.79 Å². The van der Waals surface area contributed by atoms with Crippen molar-refractivity contribution in [1.82, 2.24) is 0 Å². The van der Waals surface area contributed by atoms with Gasteiger partial charge in [0.1, 0.15) is 0 Å². The van der Waals surface area contributed by atoms with Crippen LogP contribution in [0.25, 0.3) is 6.08 Å². The number of phenolic OH excluding ortho intramolecular Hbond substituents is 1. The zero-order valence-corrected chi connectivity index (χ0v) is 17.1. The van der Waals surface area contributed by atoms with E-state index in [4.69, 9.17) is 9.47 Å². The van der Waals surface area contributed by atoms with E-state index in [1.165, 1.54) is 47.2 Å². The molecule has 1 N–H and O–H groups in total. The van der Waals surface area contributed by atoms with Gasteiger partial charge in [-0.05, 0) is 66.0 Å². The van der Waals surface area contributed by atoms with Gasteiger partial charge in [-0.15, -0.1) is 11.3 Å². The molecule has 0 radical (unpaired) electrons. The fourth-order valence-corrected chi connectivity index (χ4v) is 5.72. The van der Waals surface area contributed by atoms with E-state index in [1.807, 2.05) is 6.08 Å². The minimum atomic E-state index is -0.144. The van der Waals surface area contributed by atoms with E-state index in [9.17, 15) is 9.90 Å². The van der Waals surface area contributed by atoms with E-state index in [0.29, 0.717) is 16.9 Å². The van der Waals surface area contributed by atoms with Gasteiger partial charge in [0.15, 0.2) is 17.3 Å². The van der Waals surface area contributed by atoms with Crippen LogP contribution in [0.2, 0.25) is 0 Å². The highest BCUT2D eigenvalue weighted by molar-refractivity contribution is 7.13. The van der Waals surface area contributed by atoms with Crippen molar-refractivity contribution in [2.45, 2.75) is 33.1 Å². The molecule has 4 rings (SSSR count). The number of fused-ring (bicyclic) bond motifs is 3. The van der Waals surface area contributed by atoms with Crippen molar-refractivity contribution in [1.29, 1.82) is 0 Å². The summed E-state index contributed by atoms with van der Waals surface area (Å²) in [6.07, 6.45) is 4.65. The Morgan fingerprint density at radius 2 is 1.89 bits per heavy atom. The van der Waals surface area contributed by atoms with E-state index >= 15 is 0 Å². The van der Waals surface area contributed by atoms with Gasteiger partial charge in [-0.1, -0.05) is 13.8 Å². The van der Waals surface area contributed by atoms with Crippen molar-refractivity contribution in [3.8, 4) is 17.2 Å². The van der Waals surface area contributed by atoms with Crippen LogP contribution < -0.4 is 9.47 Å². The molecule has 0 amide bonds. The molecule has 1 fully saturated rings. The normalized spacial score (nSPS) is 21.8. The SMILES string of the molecule is COc1cc(C(=O)C=Cc2sc(C)c3c2C[C@@H]2[C@H]3C2(C)C)cc(OC)c1O. The maximum Gasteiger partial charge on any atom is 0.200 e. The molecule has 4 nitrogen and oxygen atoms in total. The zero-order chi connectivity index (χ0) is 19.5. The molecule has 142 valence electrons. The highest BCUT2D eigenvalue weighted by atomic mass is 32.1. The van der Waals surface area contributed by atoms with Gasteiger partial charge in [-0.25, -0.2) is 0 Å². The first-order valence-electron chi connectivity index (χ1n) is 9.09. The number of aromatic hydroxyl groups is 1. The van der Waals surface area contributed by atoms with Crippen molar-refractivity contribution in [2.24, 2.45) is 11.3 Å². The maximum absolute atomic E-state index is 12.7. The summed E-state index contributed by atoms with van der Waals surface area (Å²) in [5.74, 6) is 1.64. The van der Waals surface area contributed by atoms with Gasteiger partial charge >= 0.3 is 0 Å². The molecular weight excluding hydrogens is 360 g/mol. The van der Waals surface area contributed by atoms with Crippen LogP contribution in [0.1, 0.15) is 51.0 Å². The van der Waals surface area contributed by atoms with Crippen LogP contribution in [0.3, 0.4) is 0 Å². The molecule has 1 aromatic carbocycles. The second-order valence-electron chi connectivity index (χ2n) is 7.95. The van der Waals surface area contributed by atoms with Crippen LogP contribution in [0.5, 0.6) is 17.2 Å². The van der Waals surface area contributed by atoms with E-state index in [1.54, 1.807) is 17.4 Å². The molecule has 5 heteroatoms. The van der Waals surface area contributed by atoms with E-state index in [2.05, 4.69) is 20.8 Å². The first kappa shape index (κ1) is 18.1. The van der Waals surface area contributed by atoms with Crippen LogP contribution in [-0.2, 0) is 6.42 Å². The summed E-state index contributed by atoms with van der Waals surface area (Å²) in [7, 11) is 2.90. The van der Waals surface area contributed by atoms with Gasteiger partial charge in [0.25, 0.3) is 0 Å². The van der Waals surface area contributed by atoms with E-state index < -0.39 is 0 Å². The van der Waals surface area contributed by atoms with Crippen molar-refractivity contribution < 1.29 is 19.4 Å². The van der Waals surface area contributed by atoms with Gasteiger partial charge < -0.3 is 14.6 Å². The standard InChI is InChI=1S/C22H24O4S/c1-11-19-13(10-14-20(19)22(14,2)3)18(27-11)7-6-15(23)12-8-16(25-4)21(24)17(9-12)26-5/h6-9,14,20,24H,10H2,1-5H3/t14-,20-/m1/s1. The summed E-state index contributed by atoms with van der Waals surface area (Å²) in [5, 5.41) is 10.0. The molecule has 0 saturated heterocycles. The third kappa shape index (κ3) is 2.67. The number of methoxy groups -OCH3 is 2. The third-order valence-corrected chi connectivity index (χ3v) is 7.33. The van der Waals surface area contributed by atoms with Crippen LogP contribution in [0.4, 0.5) is 0 Å². The molecule has 0 aliphatic heterocycles. The predicted molar refractivity (Wildman–Crippen MR) is 107 cm³/mol. The number of aryl methyl sites for hydroxylation is 1. The van der Waals surface area contributed by atoms with Gasteiger partial charge in [0, 0.05) is 15.3 Å². The zero-order valence-electron chi connectivity index (χ0n) is 16.3. The summed E-state index contributed by atoms with van der Waals surface area (Å²) >= 11 is 1.77. The van der Waals surface area contributed by atoms with Crippen molar-refractivity contribution in [2.75, 3.05) is 14.2 Å². The van der Waals surface area contributed by atoms with E-state index in [-0.39, 0.29) is 23.0 Å². The van der Waals surface area contributed by atoms with Gasteiger partial charge in [0.2, 0.25) is 5.75 Å². The number of allylic oxidation sites excluding steroid dienone is 1. The quantitative estimate of drug-likeness (QED) is 0.584. The summed E-state index contributed by atoms with van der Waals surface area (Å²) in [4.78, 5) is 15.2. The summed E-state index contributed by atoms with van der Waals surface area (Å²) in [6, 6.07) is 3.07. The fraction of sp³-hybridized carbons (Fsp3) is 0.409. The first-order chi connectivity index (χ1) is 12.8. The molecule has 2 aromatic rings. The fourth-order valence-electron chi connectivity index (χ4n) is 4.58. The Morgan fingerprint density at radius 3 is 2.48 bits per heavy atom. The number of thiophene rings is 1. The molecule has 2 atom stereocenters. The molecule has 1 saturated carbocycles. The van der Waals surface area contributed by atoms with Crippen LogP contribution in [0.15, 0.2) is 18.2 Å². The number of hydrogen-bond donors (Lipinski definition) is 1. The number of ether oxygens (including phenoxy) is 2. The minimum Gasteiger partial charge on any atom is -0.502 e. The lowest BCUT2D eigenvalue weighted by molar-refractivity contribution is 0.104. The summed E-state index contributed by atoms with van der Waals surface area (Å²) in [5.41, 5.74) is 3.80. The topological polar surface area (TPSA) is 55.8 Å². The van der Waals surface area contributed by atoms with Crippen molar-refractivity contribution in [3.05, 3.63) is 44.7 Å². The number of phenols is 1. The average molecular weight is 384 g/mol. The Balaban J connectivity index is 1.61. The molecule has 2 aliphatic carbocycles. The van der Waals surface area contributed by atoms with Gasteiger partial charge in [0.05, 0.1) is 14.2 Å². The average Bonchev–Trinajstić information content (AvgIpc) is 2.96. The lowest BCUT2D eigenvalue weighted by atomic mass is 9.95. The van der Waals surface area contributed by atoms with E-state index in [0.717, 1.165) is 12.3 Å². The second-order valence-corrected chi connectivity index (χ2v) is 9.21. The summed E-state index contributed by atoms with van der Waals surface area (Å²) < 4.78 is 10.3. The highest BCUT2D eigenvalue weighted by Gasteiger charge is 2.63. The molecule has 0 bridgehead atoms. The smallest absolute Gasteiger partial charge is 0.200 e. The highest BCUT2D eigenvalue weighted by Crippen LogP contribution is 2.71. The summed E-state index contributed by atoms with van der Waals surface area (Å²) in [6.45, 7) is 6.90. The number of ketones is 1. The molecule has 27 heavy (non-hydrogen) atoms. The van der Waals surface area contributed by atoms with Crippen LogP contribution >= 0.6 is 11.3 Å². The number of carbonyl (C=O) groups is 1. The molecular formula is C22H24O4S. The molecule has 0 unspecified atom stereocenters. The number of rotatable bonds is 5. The van der Waals surface area contributed by atoms with Crippen molar-refractivity contribution >= 4 is 23.2 Å². The Kier molecular flexibility index (Phi) is 4.11. The monoisotopic (exact) mass is 384 g/mol.